The average Bonchev–Trinajstić information content (AvgIpc) is 2.70. The van der Waals surface area contributed by atoms with Crippen LogP contribution < -0.4 is 15.9 Å². The van der Waals surface area contributed by atoms with E-state index < -0.39 is 5.31 Å². The maximum atomic E-state index is 6.03. The molecule has 3 aromatic rings. The number of benzene rings is 3. The van der Waals surface area contributed by atoms with Gasteiger partial charge in [0.25, 0.3) is 0 Å². The molecule has 0 aliphatic heterocycles. The molecule has 0 spiro atoms. The molecule has 0 aliphatic rings. The Morgan fingerprint density at radius 2 is 1.04 bits per heavy atom. The van der Waals surface area contributed by atoms with Crippen molar-refractivity contribution in [2.45, 2.75) is 20.0 Å². The molecule has 0 bridgehead atoms. The summed E-state index contributed by atoms with van der Waals surface area (Å²) in [5.41, 5.74) is 0. The van der Waals surface area contributed by atoms with Gasteiger partial charge in [-0.2, -0.15) is 0 Å². The molecule has 0 unspecified atom stereocenters. The Morgan fingerprint density at radius 3 is 1.35 bits per heavy atom. The average molecular weight is 429 g/mol. The molecule has 0 N–H and O–H groups in total. The minimum atomic E-state index is -2.81. The van der Waals surface area contributed by atoms with Gasteiger partial charge in [-0.15, -0.1) is 0 Å². The molecular formula is C23H26BrOP. The third-order valence-electron chi connectivity index (χ3n) is 4.85. The van der Waals surface area contributed by atoms with Crippen molar-refractivity contribution in [3.05, 3.63) is 91.0 Å². The molecule has 0 heterocycles. The van der Waals surface area contributed by atoms with Crippen LogP contribution in [-0.2, 0) is 4.74 Å². The Morgan fingerprint density at radius 1 is 0.692 bits per heavy atom. The fourth-order valence-corrected chi connectivity index (χ4v) is 10.6. The number of halogens is 1. The molecule has 0 atom stereocenters. The van der Waals surface area contributed by atoms with Crippen LogP contribution in [0.1, 0.15) is 13.8 Å². The van der Waals surface area contributed by atoms with Crippen LogP contribution in [-0.4, -0.2) is 18.9 Å². The summed E-state index contributed by atoms with van der Waals surface area (Å²) in [6, 6.07) is 32.5. The first-order valence-electron chi connectivity index (χ1n) is 9.07. The van der Waals surface area contributed by atoms with Crippen LogP contribution in [0.3, 0.4) is 0 Å². The molecule has 0 aliphatic carbocycles. The van der Waals surface area contributed by atoms with Gasteiger partial charge in [0.1, 0.15) is 0 Å². The number of hydrogen-bond donors (Lipinski definition) is 0. The molecule has 0 saturated carbocycles. The minimum absolute atomic E-state index is 0.221. The van der Waals surface area contributed by atoms with E-state index in [-0.39, 0.29) is 6.10 Å². The predicted molar refractivity (Wildman–Crippen MR) is 120 cm³/mol. The Bertz CT molecular complexity index is 719. The first-order chi connectivity index (χ1) is 12.6. The number of rotatable bonds is 7. The van der Waals surface area contributed by atoms with E-state index in [2.05, 4.69) is 120 Å². The van der Waals surface area contributed by atoms with E-state index >= 15 is 0 Å². The van der Waals surface area contributed by atoms with Crippen molar-refractivity contribution >= 4 is 36.7 Å². The van der Waals surface area contributed by atoms with Gasteiger partial charge in [-0.05, 0) is 0 Å². The number of hydrogen-bond acceptors (Lipinski definition) is 1. The van der Waals surface area contributed by atoms with E-state index in [0.29, 0.717) is 6.61 Å². The van der Waals surface area contributed by atoms with Gasteiger partial charge in [0.05, 0.1) is 0 Å². The molecule has 0 radical (unpaired) electrons. The van der Waals surface area contributed by atoms with E-state index in [1.165, 1.54) is 15.9 Å². The molecular weight excluding hydrogens is 403 g/mol. The molecule has 0 amide bonds. The third kappa shape index (κ3) is 3.51. The van der Waals surface area contributed by atoms with Gasteiger partial charge in [-0.25, -0.2) is 0 Å². The summed E-state index contributed by atoms with van der Waals surface area (Å²) in [5.74, 6) is 0. The van der Waals surface area contributed by atoms with Gasteiger partial charge in [0.15, 0.2) is 0 Å². The Kier molecular flexibility index (Phi) is 5.97. The fourth-order valence-electron chi connectivity index (χ4n) is 3.51. The third-order valence-corrected chi connectivity index (χ3v) is 14.7. The second-order valence-electron chi connectivity index (χ2n) is 6.83. The van der Waals surface area contributed by atoms with E-state index in [1.807, 2.05) is 0 Å². The summed E-state index contributed by atoms with van der Waals surface area (Å²) in [5, 5.41) is 1.20. The predicted octanol–water partition coefficient (Wildman–Crippen LogP) is 5.25. The van der Waals surface area contributed by atoms with Crippen molar-refractivity contribution in [2.75, 3.05) is 12.8 Å². The summed E-state index contributed by atoms with van der Waals surface area (Å²) < 4.78 is 6.03. The molecule has 136 valence electrons. The number of ether oxygens (including phenoxy) is 1. The topological polar surface area (TPSA) is 9.23 Å². The van der Waals surface area contributed by atoms with Crippen molar-refractivity contribution in [3.8, 4) is 0 Å². The molecule has 26 heavy (non-hydrogen) atoms. The summed E-state index contributed by atoms with van der Waals surface area (Å²) in [6.07, 6.45) is 1.14. The SMILES string of the molecule is CC(C)OCCP(Br)(c1ccccc1)(c1ccccc1)c1ccccc1. The van der Waals surface area contributed by atoms with Crippen LogP contribution in [0, 0.1) is 0 Å². The van der Waals surface area contributed by atoms with Gasteiger partial charge in [-0.1, -0.05) is 0 Å². The molecule has 3 rings (SSSR count). The molecule has 0 fully saturated rings. The van der Waals surface area contributed by atoms with E-state index in [0.717, 1.165) is 6.16 Å². The van der Waals surface area contributed by atoms with Crippen LogP contribution >= 0.6 is 20.8 Å². The maximum absolute atomic E-state index is 6.03. The molecule has 3 aromatic carbocycles. The molecule has 1 nitrogen and oxygen atoms in total. The zero-order valence-corrected chi connectivity index (χ0v) is 17.9. The fraction of sp³-hybridized carbons (Fsp3) is 0.217. The Balaban J connectivity index is 2.28. The van der Waals surface area contributed by atoms with Crippen molar-refractivity contribution in [1.29, 1.82) is 0 Å². The first-order valence-corrected chi connectivity index (χ1v) is 13.5. The Labute approximate surface area is 165 Å². The van der Waals surface area contributed by atoms with Crippen LogP contribution in [0.25, 0.3) is 0 Å². The zero-order chi connectivity index (χ0) is 18.5. The standard InChI is InChI=1S/C23H26BrOP/c1-20(2)25-18-19-26(24,21-12-6-3-7-13-21,22-14-8-4-9-15-22)23-16-10-5-11-17-23/h3-17,20H,18-19H2,1-2H3. The normalized spacial score (nSPS) is 13.3. The van der Waals surface area contributed by atoms with Gasteiger partial charge in [0.2, 0.25) is 0 Å². The van der Waals surface area contributed by atoms with Gasteiger partial charge >= 0.3 is 165 Å². The summed E-state index contributed by atoms with van der Waals surface area (Å²) in [6.45, 7) is 4.90. The zero-order valence-electron chi connectivity index (χ0n) is 15.4. The second-order valence-corrected chi connectivity index (χ2v) is 15.9. The van der Waals surface area contributed by atoms with Crippen molar-refractivity contribution in [1.82, 2.24) is 0 Å². The van der Waals surface area contributed by atoms with E-state index in [4.69, 9.17) is 4.74 Å². The van der Waals surface area contributed by atoms with Crippen LogP contribution in [0.5, 0.6) is 0 Å². The van der Waals surface area contributed by atoms with Crippen LogP contribution in [0.2, 0.25) is 0 Å². The van der Waals surface area contributed by atoms with Gasteiger partial charge in [0, 0.05) is 0 Å². The summed E-state index contributed by atoms with van der Waals surface area (Å²) in [4.78, 5) is 0. The Hall–Kier alpha value is -1.47. The van der Waals surface area contributed by atoms with Crippen molar-refractivity contribution in [3.63, 3.8) is 0 Å². The van der Waals surface area contributed by atoms with Crippen LogP contribution in [0.15, 0.2) is 91.0 Å². The van der Waals surface area contributed by atoms with Crippen LogP contribution in [0.4, 0.5) is 0 Å². The van der Waals surface area contributed by atoms with Crippen molar-refractivity contribution < 1.29 is 4.74 Å². The summed E-state index contributed by atoms with van der Waals surface area (Å²) in [7, 11) is 0. The van der Waals surface area contributed by atoms with E-state index in [1.54, 1.807) is 0 Å². The van der Waals surface area contributed by atoms with E-state index in [9.17, 15) is 0 Å². The second kappa shape index (κ2) is 8.05. The molecule has 0 saturated heterocycles. The van der Waals surface area contributed by atoms with Crippen molar-refractivity contribution in [2.24, 2.45) is 0 Å². The molecule has 3 heteroatoms. The van der Waals surface area contributed by atoms with Gasteiger partial charge in [-0.3, -0.25) is 0 Å². The monoisotopic (exact) mass is 428 g/mol. The molecule has 0 aromatic heterocycles. The summed E-state index contributed by atoms with van der Waals surface area (Å²) >= 11 is 4.42. The quantitative estimate of drug-likeness (QED) is 0.466. The first kappa shape index (κ1) is 19.3. The van der Waals surface area contributed by atoms with Gasteiger partial charge < -0.3 is 0 Å².